The normalized spacial score (nSPS) is 17.6. The molecule has 1 fully saturated rings. The third-order valence-corrected chi connectivity index (χ3v) is 4.55. The lowest BCUT2D eigenvalue weighted by Crippen LogP contribution is -2.38. The van der Waals surface area contributed by atoms with E-state index < -0.39 is 0 Å². The Morgan fingerprint density at radius 3 is 2.88 bits per heavy atom. The quantitative estimate of drug-likeness (QED) is 0.730. The van der Waals surface area contributed by atoms with Gasteiger partial charge in [0.25, 0.3) is 5.91 Å². The highest BCUT2D eigenvalue weighted by Gasteiger charge is 2.32. The molecule has 1 aliphatic heterocycles. The van der Waals surface area contributed by atoms with Gasteiger partial charge in [0.05, 0.1) is 12.7 Å². The Morgan fingerprint density at radius 2 is 2.12 bits per heavy atom. The zero-order valence-corrected chi connectivity index (χ0v) is 14.0. The van der Waals surface area contributed by atoms with E-state index in [4.69, 9.17) is 9.15 Å². The van der Waals surface area contributed by atoms with Gasteiger partial charge in [-0.3, -0.25) is 4.79 Å². The van der Waals surface area contributed by atoms with Crippen LogP contribution in [-0.4, -0.2) is 34.4 Å². The first-order chi connectivity index (χ1) is 12.3. The summed E-state index contributed by atoms with van der Waals surface area (Å²) in [4.78, 5) is 23.5. The largest absolute Gasteiger partial charge is 0.481 e. The van der Waals surface area contributed by atoms with Crippen LogP contribution < -0.4 is 4.74 Å². The molecule has 0 N–H and O–H groups in total. The molecule has 4 rings (SSSR count). The number of ether oxygens (including phenoxy) is 1. The Bertz CT molecular complexity index is 855. The second kappa shape index (κ2) is 6.55. The molecule has 1 saturated heterocycles. The van der Waals surface area contributed by atoms with Crippen molar-refractivity contribution in [3.63, 3.8) is 0 Å². The molecule has 0 saturated carbocycles. The predicted octanol–water partition coefficient (Wildman–Crippen LogP) is 3.60. The monoisotopic (exact) mass is 337 g/mol. The smallest absolute Gasteiger partial charge is 0.256 e. The van der Waals surface area contributed by atoms with Crippen molar-refractivity contribution in [3.05, 3.63) is 54.0 Å². The van der Waals surface area contributed by atoms with Crippen molar-refractivity contribution in [2.45, 2.75) is 25.3 Å². The molecule has 2 aromatic heterocycles. The number of methoxy groups -OCH3 is 1. The van der Waals surface area contributed by atoms with E-state index in [0.29, 0.717) is 23.9 Å². The highest BCUT2D eigenvalue weighted by molar-refractivity contribution is 5.94. The molecule has 0 radical (unpaired) electrons. The molecule has 6 heteroatoms. The van der Waals surface area contributed by atoms with Crippen LogP contribution in [0.3, 0.4) is 0 Å². The third kappa shape index (κ3) is 2.95. The maximum atomic E-state index is 13.0. The van der Waals surface area contributed by atoms with Gasteiger partial charge in [-0.05, 0) is 37.5 Å². The average Bonchev–Trinajstić information content (AvgIpc) is 3.11. The molecule has 3 aromatic rings. The minimum atomic E-state index is -0.143. The number of para-hydroxylation sites is 2. The maximum Gasteiger partial charge on any atom is 0.256 e. The summed E-state index contributed by atoms with van der Waals surface area (Å²) in [7, 11) is 1.55. The molecule has 1 aliphatic rings. The van der Waals surface area contributed by atoms with Crippen LogP contribution in [0.15, 0.2) is 47.0 Å². The number of fused-ring (bicyclic) bond motifs is 1. The summed E-state index contributed by atoms with van der Waals surface area (Å²) >= 11 is 0. The second-order valence-corrected chi connectivity index (χ2v) is 6.12. The Balaban J connectivity index is 1.64. The number of hydrogen-bond donors (Lipinski definition) is 0. The summed E-state index contributed by atoms with van der Waals surface area (Å²) in [6.45, 7) is 0.689. The summed E-state index contributed by atoms with van der Waals surface area (Å²) in [6.07, 6.45) is 4.43. The molecule has 1 amide bonds. The van der Waals surface area contributed by atoms with Gasteiger partial charge < -0.3 is 14.1 Å². The van der Waals surface area contributed by atoms with Crippen LogP contribution in [-0.2, 0) is 0 Å². The molecule has 6 nitrogen and oxygen atoms in total. The zero-order chi connectivity index (χ0) is 17.2. The summed E-state index contributed by atoms with van der Waals surface area (Å²) in [6, 6.07) is 11.0. The van der Waals surface area contributed by atoms with Gasteiger partial charge >= 0.3 is 0 Å². The number of aromatic nitrogens is 2. The number of pyridine rings is 1. The van der Waals surface area contributed by atoms with Gasteiger partial charge in [0, 0.05) is 18.8 Å². The number of oxazole rings is 1. The summed E-state index contributed by atoms with van der Waals surface area (Å²) in [5.74, 6) is 1.04. The van der Waals surface area contributed by atoms with Crippen molar-refractivity contribution in [1.29, 1.82) is 0 Å². The Kier molecular flexibility index (Phi) is 4.09. The topological polar surface area (TPSA) is 68.5 Å². The standard InChI is InChI=1S/C19H19N3O3/c1-24-17-10-9-13(12-20-17)19(23)22-11-5-4-7-15(22)18-21-14-6-2-3-8-16(14)25-18/h2-3,6,8-10,12,15H,4-5,7,11H2,1H3. The number of hydrogen-bond acceptors (Lipinski definition) is 5. The van der Waals surface area contributed by atoms with Crippen molar-refractivity contribution >= 4 is 17.0 Å². The minimum Gasteiger partial charge on any atom is -0.481 e. The van der Waals surface area contributed by atoms with E-state index in [1.807, 2.05) is 29.2 Å². The van der Waals surface area contributed by atoms with Crippen LogP contribution in [0.4, 0.5) is 0 Å². The molecular formula is C19H19N3O3. The Morgan fingerprint density at radius 1 is 1.24 bits per heavy atom. The van der Waals surface area contributed by atoms with Crippen molar-refractivity contribution in [1.82, 2.24) is 14.9 Å². The van der Waals surface area contributed by atoms with Crippen molar-refractivity contribution in [3.8, 4) is 5.88 Å². The highest BCUT2D eigenvalue weighted by atomic mass is 16.5. The lowest BCUT2D eigenvalue weighted by Gasteiger charge is -2.33. The number of carbonyl (C=O) groups excluding carboxylic acids is 1. The first-order valence-electron chi connectivity index (χ1n) is 8.43. The van der Waals surface area contributed by atoms with Crippen LogP contribution in [0, 0.1) is 0 Å². The van der Waals surface area contributed by atoms with Gasteiger partial charge in [-0.25, -0.2) is 9.97 Å². The lowest BCUT2D eigenvalue weighted by atomic mass is 10.0. The summed E-state index contributed by atoms with van der Waals surface area (Å²) in [5, 5.41) is 0. The van der Waals surface area contributed by atoms with Gasteiger partial charge in [0.15, 0.2) is 5.58 Å². The van der Waals surface area contributed by atoms with Crippen LogP contribution >= 0.6 is 0 Å². The first-order valence-corrected chi connectivity index (χ1v) is 8.43. The first kappa shape index (κ1) is 15.6. The summed E-state index contributed by atoms with van der Waals surface area (Å²) in [5.41, 5.74) is 2.12. The van der Waals surface area contributed by atoms with Crippen LogP contribution in [0.25, 0.3) is 11.1 Å². The fourth-order valence-electron chi connectivity index (χ4n) is 3.26. The molecule has 25 heavy (non-hydrogen) atoms. The number of benzene rings is 1. The van der Waals surface area contributed by atoms with Gasteiger partial charge in [0.2, 0.25) is 11.8 Å². The Labute approximate surface area is 145 Å². The molecular weight excluding hydrogens is 318 g/mol. The SMILES string of the molecule is COc1ccc(C(=O)N2CCCCC2c2nc3ccccc3o2)cn1. The molecule has 1 aromatic carbocycles. The van der Waals surface area contributed by atoms with E-state index in [-0.39, 0.29) is 11.9 Å². The number of rotatable bonds is 3. The van der Waals surface area contributed by atoms with Crippen molar-refractivity contribution in [2.75, 3.05) is 13.7 Å². The van der Waals surface area contributed by atoms with Gasteiger partial charge in [-0.15, -0.1) is 0 Å². The molecule has 128 valence electrons. The average molecular weight is 337 g/mol. The molecule has 0 bridgehead atoms. The molecule has 0 aliphatic carbocycles. The number of piperidine rings is 1. The molecule has 1 atom stereocenters. The number of carbonyl (C=O) groups is 1. The zero-order valence-electron chi connectivity index (χ0n) is 14.0. The molecule has 0 spiro atoms. The van der Waals surface area contributed by atoms with Crippen molar-refractivity contribution < 1.29 is 13.9 Å². The van der Waals surface area contributed by atoms with Crippen LogP contribution in [0.5, 0.6) is 5.88 Å². The van der Waals surface area contributed by atoms with Crippen molar-refractivity contribution in [2.24, 2.45) is 0 Å². The minimum absolute atomic E-state index is 0.0536. The fraction of sp³-hybridized carbons (Fsp3) is 0.316. The number of amides is 1. The van der Waals surface area contributed by atoms with Crippen LogP contribution in [0.1, 0.15) is 41.6 Å². The number of likely N-dealkylation sites (tertiary alicyclic amines) is 1. The van der Waals surface area contributed by atoms with E-state index in [0.717, 1.165) is 30.4 Å². The van der Waals surface area contributed by atoms with E-state index in [9.17, 15) is 4.79 Å². The second-order valence-electron chi connectivity index (χ2n) is 6.12. The van der Waals surface area contributed by atoms with E-state index in [2.05, 4.69) is 9.97 Å². The number of nitrogens with zero attached hydrogens (tertiary/aromatic N) is 3. The Hall–Kier alpha value is -2.89. The van der Waals surface area contributed by atoms with E-state index in [1.165, 1.54) is 0 Å². The van der Waals surface area contributed by atoms with Gasteiger partial charge in [-0.1, -0.05) is 12.1 Å². The van der Waals surface area contributed by atoms with Crippen LogP contribution in [0.2, 0.25) is 0 Å². The van der Waals surface area contributed by atoms with E-state index in [1.54, 1.807) is 25.4 Å². The maximum absolute atomic E-state index is 13.0. The summed E-state index contributed by atoms with van der Waals surface area (Å²) < 4.78 is 11.0. The van der Waals surface area contributed by atoms with E-state index >= 15 is 0 Å². The van der Waals surface area contributed by atoms with Gasteiger partial charge in [-0.2, -0.15) is 0 Å². The van der Waals surface area contributed by atoms with Gasteiger partial charge in [0.1, 0.15) is 11.6 Å². The highest BCUT2D eigenvalue weighted by Crippen LogP contribution is 2.33. The molecule has 1 unspecified atom stereocenters. The molecule has 3 heterocycles. The fourth-order valence-corrected chi connectivity index (χ4v) is 3.26. The predicted molar refractivity (Wildman–Crippen MR) is 92.4 cm³/mol. The lowest BCUT2D eigenvalue weighted by molar-refractivity contribution is 0.0574. The third-order valence-electron chi connectivity index (χ3n) is 4.55.